The van der Waals surface area contributed by atoms with Gasteiger partial charge < -0.3 is 10.4 Å². The summed E-state index contributed by atoms with van der Waals surface area (Å²) in [5.41, 5.74) is 2.87. The highest BCUT2D eigenvalue weighted by atomic mass is 16.3. The lowest BCUT2D eigenvalue weighted by Crippen LogP contribution is -2.36. The van der Waals surface area contributed by atoms with Gasteiger partial charge in [-0.15, -0.1) is 0 Å². The minimum Gasteiger partial charge on any atom is -0.393 e. The van der Waals surface area contributed by atoms with E-state index in [1.54, 1.807) is 0 Å². The highest BCUT2D eigenvalue weighted by molar-refractivity contribution is 5.27. The predicted octanol–water partition coefficient (Wildman–Crippen LogP) is 3.31. The fourth-order valence-corrected chi connectivity index (χ4v) is 4.10. The van der Waals surface area contributed by atoms with Gasteiger partial charge in [-0.25, -0.2) is 0 Å². The smallest absolute Gasteiger partial charge is 0.0564 e. The van der Waals surface area contributed by atoms with Crippen LogP contribution in [0, 0.1) is 5.92 Å². The quantitative estimate of drug-likeness (QED) is 0.845. The lowest BCUT2D eigenvalue weighted by Gasteiger charge is -2.30. The Morgan fingerprint density at radius 2 is 1.74 bits per heavy atom. The van der Waals surface area contributed by atoms with Crippen molar-refractivity contribution in [3.8, 4) is 0 Å². The number of hydrogen-bond donors (Lipinski definition) is 2. The average molecular weight is 316 g/mol. The van der Waals surface area contributed by atoms with Crippen LogP contribution in [0.4, 0.5) is 0 Å². The van der Waals surface area contributed by atoms with Gasteiger partial charge in [0.1, 0.15) is 0 Å². The van der Waals surface area contributed by atoms with Gasteiger partial charge >= 0.3 is 0 Å². The number of likely N-dealkylation sites (tertiary alicyclic amines) is 1. The first-order chi connectivity index (χ1) is 11.2. The maximum absolute atomic E-state index is 9.66. The second-order valence-corrected chi connectivity index (χ2v) is 7.49. The lowest BCUT2D eigenvalue weighted by atomic mass is 9.99. The Morgan fingerprint density at radius 1 is 1.09 bits per heavy atom. The summed E-state index contributed by atoms with van der Waals surface area (Å²) in [5.74, 6) is 0.866. The Balaban J connectivity index is 1.54. The van der Waals surface area contributed by atoms with Gasteiger partial charge in [-0.2, -0.15) is 0 Å². The molecule has 1 saturated heterocycles. The summed E-state index contributed by atoms with van der Waals surface area (Å²) < 4.78 is 0. The van der Waals surface area contributed by atoms with Crippen molar-refractivity contribution in [3.05, 3.63) is 35.4 Å². The first-order valence-corrected chi connectivity index (χ1v) is 9.43. The van der Waals surface area contributed by atoms with Crippen molar-refractivity contribution in [3.63, 3.8) is 0 Å². The summed E-state index contributed by atoms with van der Waals surface area (Å²) in [4.78, 5) is 2.48. The van der Waals surface area contributed by atoms with Gasteiger partial charge in [-0.3, -0.25) is 4.90 Å². The Labute approximate surface area is 141 Å². The highest BCUT2D eigenvalue weighted by Crippen LogP contribution is 2.27. The molecule has 0 aromatic heterocycles. The van der Waals surface area contributed by atoms with Crippen molar-refractivity contribution < 1.29 is 5.11 Å². The molecule has 3 nitrogen and oxygen atoms in total. The molecule has 3 heteroatoms. The summed E-state index contributed by atoms with van der Waals surface area (Å²) in [5, 5.41) is 13.4. The van der Waals surface area contributed by atoms with E-state index in [4.69, 9.17) is 0 Å². The molecule has 0 radical (unpaired) electrons. The van der Waals surface area contributed by atoms with Crippen molar-refractivity contribution in [1.82, 2.24) is 10.2 Å². The van der Waals surface area contributed by atoms with E-state index in [1.165, 1.54) is 36.8 Å². The molecule has 0 bridgehead atoms. The highest BCUT2D eigenvalue weighted by Gasteiger charge is 2.21. The zero-order chi connectivity index (χ0) is 16.1. The molecule has 1 aliphatic heterocycles. The molecule has 2 N–H and O–H groups in total. The maximum Gasteiger partial charge on any atom is 0.0564 e. The number of piperidine rings is 1. The van der Waals surface area contributed by atoms with Crippen LogP contribution in [0.2, 0.25) is 0 Å². The van der Waals surface area contributed by atoms with Crippen LogP contribution in [0.1, 0.15) is 56.6 Å². The van der Waals surface area contributed by atoms with Crippen molar-refractivity contribution in [2.75, 3.05) is 13.1 Å². The number of aliphatic hydroxyl groups is 1. The molecular formula is C20H32N2O. The van der Waals surface area contributed by atoms with Gasteiger partial charge in [-0.1, -0.05) is 37.1 Å². The Hall–Kier alpha value is -0.900. The Bertz CT molecular complexity index is 476. The maximum atomic E-state index is 9.66. The predicted molar refractivity (Wildman–Crippen MR) is 95.2 cm³/mol. The topological polar surface area (TPSA) is 35.5 Å². The summed E-state index contributed by atoms with van der Waals surface area (Å²) in [6, 6.07) is 9.46. The average Bonchev–Trinajstić information content (AvgIpc) is 3.10. The summed E-state index contributed by atoms with van der Waals surface area (Å²) in [6.45, 7) is 6.38. The third-order valence-electron chi connectivity index (χ3n) is 5.79. The van der Waals surface area contributed by atoms with E-state index in [2.05, 4.69) is 41.4 Å². The molecule has 1 unspecified atom stereocenters. The van der Waals surface area contributed by atoms with Gasteiger partial charge in [0.2, 0.25) is 0 Å². The van der Waals surface area contributed by atoms with Crippen LogP contribution in [0.3, 0.4) is 0 Å². The molecule has 0 spiro atoms. The third-order valence-corrected chi connectivity index (χ3v) is 5.79. The number of rotatable bonds is 6. The molecule has 2 aliphatic rings. The molecule has 23 heavy (non-hydrogen) atoms. The first-order valence-electron chi connectivity index (χ1n) is 9.43. The fraction of sp³-hybridized carbons (Fsp3) is 0.700. The number of aliphatic hydroxyl groups excluding tert-OH is 1. The zero-order valence-corrected chi connectivity index (χ0v) is 14.5. The van der Waals surface area contributed by atoms with E-state index < -0.39 is 0 Å². The molecule has 1 atom stereocenters. The molecule has 1 aromatic rings. The van der Waals surface area contributed by atoms with Gasteiger partial charge in [-0.05, 0) is 49.7 Å². The number of nitrogens with zero attached hydrogens (tertiary/aromatic N) is 1. The fourth-order valence-electron chi connectivity index (χ4n) is 4.10. The minimum atomic E-state index is -0.0876. The second kappa shape index (κ2) is 8.27. The van der Waals surface area contributed by atoms with Crippen LogP contribution < -0.4 is 5.32 Å². The summed E-state index contributed by atoms with van der Waals surface area (Å²) in [7, 11) is 0. The van der Waals surface area contributed by atoms with Crippen LogP contribution in [0.15, 0.2) is 24.3 Å². The van der Waals surface area contributed by atoms with Crippen LogP contribution in [0.5, 0.6) is 0 Å². The normalized spacial score (nSPS) is 22.5. The monoisotopic (exact) mass is 316 g/mol. The molecule has 1 saturated carbocycles. The van der Waals surface area contributed by atoms with Gasteiger partial charge in [0.15, 0.2) is 0 Å². The standard InChI is InChI=1S/C20H32N2O/c1-16(17-6-2-3-7-17)21-14-18-8-4-5-9-19(18)15-22-12-10-20(23)11-13-22/h4-5,8-9,16-17,20-21,23H,2-3,6-7,10-15H2,1H3. The minimum absolute atomic E-state index is 0.0876. The van der Waals surface area contributed by atoms with Crippen molar-refractivity contribution >= 4 is 0 Å². The van der Waals surface area contributed by atoms with Gasteiger partial charge in [0, 0.05) is 32.2 Å². The zero-order valence-electron chi connectivity index (χ0n) is 14.5. The Kier molecular flexibility index (Phi) is 6.09. The second-order valence-electron chi connectivity index (χ2n) is 7.49. The number of nitrogens with one attached hydrogen (secondary N) is 1. The van der Waals surface area contributed by atoms with Gasteiger partial charge in [0.25, 0.3) is 0 Å². The SMILES string of the molecule is CC(NCc1ccccc1CN1CCC(O)CC1)C1CCCC1. The first kappa shape index (κ1) is 16.9. The number of benzene rings is 1. The third kappa shape index (κ3) is 4.79. The van der Waals surface area contributed by atoms with Crippen LogP contribution in [-0.4, -0.2) is 35.2 Å². The molecule has 0 amide bonds. The van der Waals surface area contributed by atoms with Crippen LogP contribution in [0.25, 0.3) is 0 Å². The van der Waals surface area contributed by atoms with Crippen molar-refractivity contribution in [2.24, 2.45) is 5.92 Å². The van der Waals surface area contributed by atoms with Crippen LogP contribution >= 0.6 is 0 Å². The molecule has 2 fully saturated rings. The van der Waals surface area contributed by atoms with Gasteiger partial charge in [0.05, 0.1) is 6.10 Å². The largest absolute Gasteiger partial charge is 0.393 e. The van der Waals surface area contributed by atoms with Crippen molar-refractivity contribution in [2.45, 2.75) is 70.7 Å². The molecule has 1 heterocycles. The molecule has 128 valence electrons. The summed E-state index contributed by atoms with van der Waals surface area (Å²) in [6.07, 6.45) is 7.36. The van der Waals surface area contributed by atoms with E-state index in [0.29, 0.717) is 6.04 Å². The van der Waals surface area contributed by atoms with E-state index in [9.17, 15) is 5.11 Å². The van der Waals surface area contributed by atoms with E-state index in [0.717, 1.165) is 44.9 Å². The molecular weight excluding hydrogens is 284 g/mol. The number of hydrogen-bond acceptors (Lipinski definition) is 3. The van der Waals surface area contributed by atoms with Crippen LogP contribution in [-0.2, 0) is 13.1 Å². The summed E-state index contributed by atoms with van der Waals surface area (Å²) >= 11 is 0. The van der Waals surface area contributed by atoms with E-state index in [1.807, 2.05) is 0 Å². The van der Waals surface area contributed by atoms with E-state index in [-0.39, 0.29) is 6.10 Å². The molecule has 3 rings (SSSR count). The lowest BCUT2D eigenvalue weighted by molar-refractivity contribution is 0.0791. The van der Waals surface area contributed by atoms with Crippen molar-refractivity contribution in [1.29, 1.82) is 0 Å². The Morgan fingerprint density at radius 3 is 2.43 bits per heavy atom. The van der Waals surface area contributed by atoms with E-state index >= 15 is 0 Å². The molecule has 1 aromatic carbocycles. The molecule has 1 aliphatic carbocycles.